The van der Waals surface area contributed by atoms with E-state index in [4.69, 9.17) is 33.7 Å². The van der Waals surface area contributed by atoms with E-state index in [2.05, 4.69) is 10.3 Å². The van der Waals surface area contributed by atoms with Crippen molar-refractivity contribution in [3.05, 3.63) is 63.0 Å². The number of benzene rings is 2. The predicted octanol–water partition coefficient (Wildman–Crippen LogP) is 6.05. The van der Waals surface area contributed by atoms with Gasteiger partial charge in [-0.2, -0.15) is 0 Å². The molecule has 3 N–H and O–H groups in total. The maximum absolute atomic E-state index is 12.9. The Hall–Kier alpha value is -2.26. The van der Waals surface area contributed by atoms with Crippen molar-refractivity contribution < 1.29 is 14.3 Å². The number of rotatable bonds is 8. The van der Waals surface area contributed by atoms with E-state index in [1.807, 2.05) is 38.1 Å². The van der Waals surface area contributed by atoms with Crippen molar-refractivity contribution in [2.24, 2.45) is 0 Å². The number of nitrogen functional groups attached to an aromatic ring is 1. The summed E-state index contributed by atoms with van der Waals surface area (Å²) in [7, 11) is 0. The summed E-state index contributed by atoms with van der Waals surface area (Å²) in [5.74, 6) is -0.288. The molecule has 6 nitrogen and oxygen atoms in total. The molecule has 0 unspecified atom stereocenters. The number of nitrogens with two attached hydrogens (primary N) is 1. The first-order chi connectivity index (χ1) is 14.7. The molecular formula is C21H19Cl2N3O3S2. The van der Waals surface area contributed by atoms with E-state index in [9.17, 15) is 9.59 Å². The Bertz CT molecular complexity index is 1080. The lowest BCUT2D eigenvalue weighted by Gasteiger charge is -2.08. The van der Waals surface area contributed by atoms with E-state index >= 15 is 0 Å². The molecule has 0 aliphatic carbocycles. The Morgan fingerprint density at radius 1 is 1.16 bits per heavy atom. The number of ketones is 1. The number of carbonyl (C=O) groups is 2. The van der Waals surface area contributed by atoms with Gasteiger partial charge in [-0.05, 0) is 50.2 Å². The van der Waals surface area contributed by atoms with Crippen LogP contribution in [0.4, 0.5) is 16.6 Å². The molecule has 0 radical (unpaired) electrons. The molecule has 0 aliphatic rings. The molecule has 3 aromatic rings. The van der Waals surface area contributed by atoms with Crippen LogP contribution in [0.3, 0.4) is 0 Å². The fourth-order valence-corrected chi connectivity index (χ4v) is 4.67. The van der Waals surface area contributed by atoms with Crippen molar-refractivity contribution >= 4 is 74.7 Å². The molecule has 3 rings (SSSR count). The standard InChI is InChI=1S/C21H19Cl2N3O3S2/c1-11(2)29-16(27)10-30-13-8-6-12(7-9-13)25-21-26-20(24)19(31-21)18(28)17-14(22)4-3-5-15(17)23/h3-9,11H,10,24H2,1-2H3,(H,25,26). The second-order valence-corrected chi connectivity index (χ2v) is 9.50. The lowest BCUT2D eigenvalue weighted by molar-refractivity contribution is -0.144. The highest BCUT2D eigenvalue weighted by molar-refractivity contribution is 8.00. The summed E-state index contributed by atoms with van der Waals surface area (Å²) < 4.78 is 5.12. The van der Waals surface area contributed by atoms with Crippen molar-refractivity contribution in [3.63, 3.8) is 0 Å². The van der Waals surface area contributed by atoms with Crippen LogP contribution in [0.25, 0.3) is 0 Å². The predicted molar refractivity (Wildman–Crippen MR) is 128 cm³/mol. The maximum atomic E-state index is 12.9. The Morgan fingerprint density at radius 2 is 1.81 bits per heavy atom. The number of nitrogens with zero attached hydrogens (tertiary/aromatic N) is 1. The third-order valence-corrected chi connectivity index (χ3v) is 6.48. The average molecular weight is 496 g/mol. The Balaban J connectivity index is 1.67. The summed E-state index contributed by atoms with van der Waals surface area (Å²) in [6.45, 7) is 3.63. The van der Waals surface area contributed by atoms with Gasteiger partial charge in [0, 0.05) is 10.6 Å². The Labute approximate surface area is 198 Å². The molecule has 0 atom stereocenters. The number of thiazole rings is 1. The second kappa shape index (κ2) is 10.4. The molecule has 1 heterocycles. The summed E-state index contributed by atoms with van der Waals surface area (Å²) in [5, 5.41) is 4.10. The molecule has 10 heteroatoms. The summed E-state index contributed by atoms with van der Waals surface area (Å²) in [4.78, 5) is 29.9. The number of anilines is 3. The molecule has 0 amide bonds. The van der Waals surface area contributed by atoms with Crippen molar-refractivity contribution in [3.8, 4) is 0 Å². The van der Waals surface area contributed by atoms with Gasteiger partial charge in [-0.25, -0.2) is 4.98 Å². The monoisotopic (exact) mass is 495 g/mol. The highest BCUT2D eigenvalue weighted by atomic mass is 35.5. The minimum Gasteiger partial charge on any atom is -0.462 e. The number of hydrogen-bond donors (Lipinski definition) is 2. The molecule has 1 aromatic heterocycles. The SMILES string of the molecule is CC(C)OC(=O)CSc1ccc(Nc2nc(N)c(C(=O)c3c(Cl)cccc3Cl)s2)cc1. The number of halogens is 2. The first-order valence-corrected chi connectivity index (χ1v) is 11.7. The molecule has 0 saturated heterocycles. The fraction of sp³-hybridized carbons (Fsp3) is 0.190. The molecule has 0 fully saturated rings. The number of esters is 1. The number of hydrogen-bond acceptors (Lipinski definition) is 8. The minimum atomic E-state index is -0.376. The quantitative estimate of drug-likeness (QED) is 0.223. The van der Waals surface area contributed by atoms with Gasteiger partial charge >= 0.3 is 5.97 Å². The average Bonchev–Trinajstić information content (AvgIpc) is 3.06. The minimum absolute atomic E-state index is 0.101. The van der Waals surface area contributed by atoms with Gasteiger partial charge < -0.3 is 15.8 Å². The lowest BCUT2D eigenvalue weighted by atomic mass is 10.1. The number of aromatic nitrogens is 1. The molecule has 162 valence electrons. The second-order valence-electron chi connectivity index (χ2n) is 6.64. The van der Waals surface area contributed by atoms with Crippen LogP contribution in [-0.2, 0) is 9.53 Å². The topological polar surface area (TPSA) is 94.3 Å². The van der Waals surface area contributed by atoms with E-state index in [0.717, 1.165) is 21.9 Å². The van der Waals surface area contributed by atoms with Crippen molar-refractivity contribution in [1.82, 2.24) is 4.98 Å². The van der Waals surface area contributed by atoms with E-state index in [0.29, 0.717) is 5.13 Å². The van der Waals surface area contributed by atoms with Crippen LogP contribution in [-0.4, -0.2) is 28.6 Å². The van der Waals surface area contributed by atoms with Gasteiger partial charge in [-0.15, -0.1) is 11.8 Å². The van der Waals surface area contributed by atoms with Gasteiger partial charge in [0.25, 0.3) is 0 Å². The highest BCUT2D eigenvalue weighted by Gasteiger charge is 2.22. The molecule has 0 saturated carbocycles. The highest BCUT2D eigenvalue weighted by Crippen LogP contribution is 2.34. The van der Waals surface area contributed by atoms with E-state index in [1.165, 1.54) is 11.8 Å². The van der Waals surface area contributed by atoms with Crippen LogP contribution in [0.15, 0.2) is 47.4 Å². The van der Waals surface area contributed by atoms with E-state index < -0.39 is 0 Å². The van der Waals surface area contributed by atoms with Gasteiger partial charge in [-0.1, -0.05) is 40.6 Å². The van der Waals surface area contributed by atoms with Crippen LogP contribution in [0.2, 0.25) is 10.0 Å². The third-order valence-electron chi connectivity index (χ3n) is 3.88. The molecular weight excluding hydrogens is 477 g/mol. The van der Waals surface area contributed by atoms with Crippen LogP contribution in [0, 0.1) is 0 Å². The van der Waals surface area contributed by atoms with Crippen LogP contribution < -0.4 is 11.1 Å². The van der Waals surface area contributed by atoms with Gasteiger partial charge in [0.05, 0.1) is 27.5 Å². The van der Waals surface area contributed by atoms with Gasteiger partial charge in [0.1, 0.15) is 10.7 Å². The smallest absolute Gasteiger partial charge is 0.316 e. The van der Waals surface area contributed by atoms with Crippen molar-refractivity contribution in [2.75, 3.05) is 16.8 Å². The molecule has 0 spiro atoms. The van der Waals surface area contributed by atoms with E-state index in [1.54, 1.807) is 18.2 Å². The van der Waals surface area contributed by atoms with E-state index in [-0.39, 0.29) is 49.9 Å². The third kappa shape index (κ3) is 6.13. The summed E-state index contributed by atoms with van der Waals surface area (Å²) in [6, 6.07) is 12.3. The number of carbonyl (C=O) groups excluding carboxylic acids is 2. The number of nitrogens with one attached hydrogen (secondary N) is 1. The Morgan fingerprint density at radius 3 is 2.42 bits per heavy atom. The summed E-state index contributed by atoms with van der Waals surface area (Å²) >= 11 is 14.8. The van der Waals surface area contributed by atoms with Crippen LogP contribution in [0.5, 0.6) is 0 Å². The van der Waals surface area contributed by atoms with Crippen LogP contribution >= 0.6 is 46.3 Å². The van der Waals surface area contributed by atoms with Crippen molar-refractivity contribution in [1.29, 1.82) is 0 Å². The molecule has 31 heavy (non-hydrogen) atoms. The number of thioether (sulfide) groups is 1. The number of ether oxygens (including phenoxy) is 1. The zero-order valence-corrected chi connectivity index (χ0v) is 19.8. The maximum Gasteiger partial charge on any atom is 0.316 e. The molecule has 2 aromatic carbocycles. The first-order valence-electron chi connectivity index (χ1n) is 9.19. The largest absolute Gasteiger partial charge is 0.462 e. The van der Waals surface area contributed by atoms with Gasteiger partial charge in [-0.3, -0.25) is 9.59 Å². The Kier molecular flexibility index (Phi) is 7.83. The van der Waals surface area contributed by atoms with Crippen molar-refractivity contribution in [2.45, 2.75) is 24.8 Å². The zero-order chi connectivity index (χ0) is 22.5. The molecule has 0 bridgehead atoms. The zero-order valence-electron chi connectivity index (χ0n) is 16.6. The fourth-order valence-electron chi connectivity index (χ4n) is 2.57. The summed E-state index contributed by atoms with van der Waals surface area (Å²) in [5.41, 5.74) is 6.93. The lowest BCUT2D eigenvalue weighted by Crippen LogP contribution is -2.13. The normalized spacial score (nSPS) is 10.9. The summed E-state index contributed by atoms with van der Waals surface area (Å²) in [6.07, 6.45) is -0.129. The molecule has 0 aliphatic heterocycles. The van der Waals surface area contributed by atoms with Gasteiger partial charge in [0.2, 0.25) is 5.78 Å². The van der Waals surface area contributed by atoms with Gasteiger partial charge in [0.15, 0.2) is 5.13 Å². The first kappa shape index (κ1) is 23.4. The van der Waals surface area contributed by atoms with Crippen LogP contribution in [0.1, 0.15) is 29.1 Å².